The first-order valence-electron chi connectivity index (χ1n) is 10.8. The zero-order valence-electron chi connectivity index (χ0n) is 17.8. The lowest BCUT2D eigenvalue weighted by Crippen LogP contribution is -2.39. The average molecular weight is 482 g/mol. The maximum atomic E-state index is 14.6. The van der Waals surface area contributed by atoms with Gasteiger partial charge < -0.3 is 4.74 Å². The fourth-order valence-electron chi connectivity index (χ4n) is 4.38. The lowest BCUT2D eigenvalue weighted by Gasteiger charge is -2.35. The fourth-order valence-corrected chi connectivity index (χ4v) is 4.91. The second-order valence-corrected chi connectivity index (χ2v) is 8.88. The molecule has 0 bridgehead atoms. The van der Waals surface area contributed by atoms with Gasteiger partial charge in [0, 0.05) is 34.3 Å². The van der Waals surface area contributed by atoms with Gasteiger partial charge in [-0.3, -0.25) is 10.00 Å². The minimum absolute atomic E-state index is 0.0979. The number of rotatable bonds is 5. The normalized spacial score (nSPS) is 15.5. The Balaban J connectivity index is 1.56. The second-order valence-electron chi connectivity index (χ2n) is 8.01. The number of nitrogens with zero attached hydrogens (tertiary/aromatic N) is 2. The molecule has 2 heterocycles. The number of aromatic nitrogens is 2. The summed E-state index contributed by atoms with van der Waals surface area (Å²) in [7, 11) is 0. The van der Waals surface area contributed by atoms with E-state index in [1.165, 1.54) is 6.07 Å². The summed E-state index contributed by atoms with van der Waals surface area (Å²) in [6.45, 7) is 2.86. The number of nitrogens with one attached hydrogen (secondary N) is 1. The van der Waals surface area contributed by atoms with Crippen LogP contribution in [-0.4, -0.2) is 41.4 Å². The van der Waals surface area contributed by atoms with Crippen molar-refractivity contribution in [3.05, 3.63) is 99.9 Å². The van der Waals surface area contributed by atoms with Gasteiger partial charge in [-0.05, 0) is 47.0 Å². The van der Waals surface area contributed by atoms with Gasteiger partial charge in [-0.25, -0.2) is 4.39 Å². The highest BCUT2D eigenvalue weighted by Crippen LogP contribution is 2.37. The number of morpholine rings is 1. The molecule has 1 aliphatic rings. The molecule has 0 amide bonds. The van der Waals surface area contributed by atoms with Crippen molar-refractivity contribution in [2.75, 3.05) is 26.3 Å². The number of halogens is 3. The van der Waals surface area contributed by atoms with Gasteiger partial charge in [-0.2, -0.15) is 5.10 Å². The molecule has 1 aliphatic heterocycles. The van der Waals surface area contributed by atoms with Crippen LogP contribution in [-0.2, 0) is 4.74 Å². The van der Waals surface area contributed by atoms with Crippen LogP contribution in [0, 0.1) is 5.82 Å². The molecule has 0 aliphatic carbocycles. The molecular weight excluding hydrogens is 460 g/mol. The first kappa shape index (κ1) is 22.1. The molecule has 0 spiro atoms. The molecule has 0 radical (unpaired) electrons. The Kier molecular flexibility index (Phi) is 6.47. The number of H-pyrrole nitrogens is 1. The Hall–Kier alpha value is -2.70. The van der Waals surface area contributed by atoms with Crippen molar-refractivity contribution in [1.29, 1.82) is 0 Å². The van der Waals surface area contributed by atoms with Crippen LogP contribution in [0.2, 0.25) is 10.0 Å². The molecule has 7 heteroatoms. The summed E-state index contributed by atoms with van der Waals surface area (Å²) in [6.07, 6.45) is 1.80. The van der Waals surface area contributed by atoms with Crippen LogP contribution in [0.3, 0.4) is 0 Å². The molecule has 4 nitrogen and oxygen atoms in total. The first-order valence-corrected chi connectivity index (χ1v) is 11.5. The predicted molar refractivity (Wildman–Crippen MR) is 130 cm³/mol. The van der Waals surface area contributed by atoms with Crippen LogP contribution < -0.4 is 0 Å². The Morgan fingerprint density at radius 2 is 1.61 bits per heavy atom. The van der Waals surface area contributed by atoms with E-state index in [1.807, 2.05) is 18.2 Å². The highest BCUT2D eigenvalue weighted by molar-refractivity contribution is 6.35. The highest BCUT2D eigenvalue weighted by atomic mass is 35.5. The lowest BCUT2D eigenvalue weighted by molar-refractivity contribution is 0.0240. The van der Waals surface area contributed by atoms with Crippen molar-refractivity contribution in [2.45, 2.75) is 6.04 Å². The average Bonchev–Trinajstić information content (AvgIpc) is 3.29. The molecule has 1 fully saturated rings. The van der Waals surface area contributed by atoms with Crippen LogP contribution in [0.5, 0.6) is 0 Å². The van der Waals surface area contributed by atoms with Gasteiger partial charge >= 0.3 is 0 Å². The fraction of sp³-hybridized carbons (Fsp3) is 0.192. The van der Waals surface area contributed by atoms with E-state index in [4.69, 9.17) is 27.9 Å². The highest BCUT2D eigenvalue weighted by Gasteiger charge is 2.28. The van der Waals surface area contributed by atoms with E-state index in [9.17, 15) is 4.39 Å². The van der Waals surface area contributed by atoms with Gasteiger partial charge in [-0.1, -0.05) is 59.6 Å². The number of aromatic amines is 1. The van der Waals surface area contributed by atoms with Gasteiger partial charge in [0.2, 0.25) is 0 Å². The van der Waals surface area contributed by atoms with Gasteiger partial charge in [0.05, 0.1) is 31.1 Å². The molecule has 3 aromatic carbocycles. The minimum atomic E-state index is -0.281. The number of benzene rings is 3. The standard InChI is InChI=1S/C26H22Cl2FN3O/c27-20-13-19(14-21(28)15-20)17-5-7-18(8-6-17)26(32-9-11-33-12-10-32)23-16-30-31-25(23)22-3-1-2-4-24(22)29/h1-8,13-16,26H,9-12H2,(H,30,31). The Morgan fingerprint density at radius 1 is 0.909 bits per heavy atom. The first-order chi connectivity index (χ1) is 16.1. The molecule has 4 aromatic rings. The largest absolute Gasteiger partial charge is 0.379 e. The minimum Gasteiger partial charge on any atom is -0.379 e. The molecule has 0 saturated carbocycles. The third-order valence-corrected chi connectivity index (χ3v) is 6.38. The summed E-state index contributed by atoms with van der Waals surface area (Å²) in [6, 6.07) is 20.5. The smallest absolute Gasteiger partial charge is 0.132 e. The summed E-state index contributed by atoms with van der Waals surface area (Å²) >= 11 is 12.4. The summed E-state index contributed by atoms with van der Waals surface area (Å²) in [5, 5.41) is 8.51. The quantitative estimate of drug-likeness (QED) is 0.348. The van der Waals surface area contributed by atoms with Gasteiger partial charge in [0.1, 0.15) is 5.82 Å². The third-order valence-electron chi connectivity index (χ3n) is 5.94. The number of ether oxygens (including phenoxy) is 1. The van der Waals surface area contributed by atoms with Crippen molar-refractivity contribution in [2.24, 2.45) is 0 Å². The van der Waals surface area contributed by atoms with Crippen LogP contribution in [0.4, 0.5) is 4.39 Å². The SMILES string of the molecule is Fc1ccccc1-c1[nH]ncc1C(c1ccc(-c2cc(Cl)cc(Cl)c2)cc1)N1CCOCC1. The van der Waals surface area contributed by atoms with Crippen molar-refractivity contribution in [3.63, 3.8) is 0 Å². The summed E-state index contributed by atoms with van der Waals surface area (Å²) < 4.78 is 20.2. The second kappa shape index (κ2) is 9.65. The van der Waals surface area contributed by atoms with E-state index in [0.717, 1.165) is 35.3 Å². The van der Waals surface area contributed by atoms with E-state index in [0.29, 0.717) is 34.5 Å². The lowest BCUT2D eigenvalue weighted by atomic mass is 9.93. The molecular formula is C26H22Cl2FN3O. The van der Waals surface area contributed by atoms with Crippen molar-refractivity contribution < 1.29 is 9.13 Å². The molecule has 33 heavy (non-hydrogen) atoms. The van der Waals surface area contributed by atoms with E-state index >= 15 is 0 Å². The van der Waals surface area contributed by atoms with E-state index in [1.54, 1.807) is 24.4 Å². The molecule has 1 unspecified atom stereocenters. The molecule has 1 N–H and O–H groups in total. The molecule has 1 atom stereocenters. The maximum Gasteiger partial charge on any atom is 0.132 e. The van der Waals surface area contributed by atoms with Crippen LogP contribution in [0.1, 0.15) is 17.2 Å². The molecule has 1 saturated heterocycles. The summed E-state index contributed by atoms with van der Waals surface area (Å²) in [5.41, 5.74) is 5.19. The Labute approximate surface area is 201 Å². The predicted octanol–water partition coefficient (Wildman–Crippen LogP) is 6.61. The molecule has 168 valence electrons. The number of hydrogen-bond acceptors (Lipinski definition) is 3. The van der Waals surface area contributed by atoms with E-state index in [-0.39, 0.29) is 11.9 Å². The molecule has 1 aromatic heterocycles. The Bertz CT molecular complexity index is 1230. The van der Waals surface area contributed by atoms with E-state index in [2.05, 4.69) is 39.4 Å². The van der Waals surface area contributed by atoms with Crippen LogP contribution >= 0.6 is 23.2 Å². The summed E-state index contributed by atoms with van der Waals surface area (Å²) in [5.74, 6) is -0.281. The monoisotopic (exact) mass is 481 g/mol. The Morgan fingerprint density at radius 3 is 2.30 bits per heavy atom. The van der Waals surface area contributed by atoms with Gasteiger partial charge in [0.15, 0.2) is 0 Å². The van der Waals surface area contributed by atoms with Crippen molar-refractivity contribution in [1.82, 2.24) is 15.1 Å². The zero-order chi connectivity index (χ0) is 22.8. The number of hydrogen-bond donors (Lipinski definition) is 1. The van der Waals surface area contributed by atoms with Crippen molar-refractivity contribution >= 4 is 23.2 Å². The third kappa shape index (κ3) is 4.68. The zero-order valence-corrected chi connectivity index (χ0v) is 19.3. The van der Waals surface area contributed by atoms with Gasteiger partial charge in [0.25, 0.3) is 0 Å². The van der Waals surface area contributed by atoms with Gasteiger partial charge in [-0.15, -0.1) is 0 Å². The maximum absolute atomic E-state index is 14.6. The van der Waals surface area contributed by atoms with E-state index < -0.39 is 0 Å². The van der Waals surface area contributed by atoms with Crippen LogP contribution in [0.25, 0.3) is 22.4 Å². The molecule has 5 rings (SSSR count). The topological polar surface area (TPSA) is 41.2 Å². The summed E-state index contributed by atoms with van der Waals surface area (Å²) in [4.78, 5) is 2.35. The van der Waals surface area contributed by atoms with Crippen LogP contribution in [0.15, 0.2) is 72.9 Å². The van der Waals surface area contributed by atoms with Crippen molar-refractivity contribution in [3.8, 4) is 22.4 Å².